The first-order valence-electron chi connectivity index (χ1n) is 5.86. The Kier molecular flexibility index (Phi) is 3.44. The van der Waals surface area contributed by atoms with E-state index in [4.69, 9.17) is 5.73 Å². The van der Waals surface area contributed by atoms with E-state index in [0.29, 0.717) is 0 Å². The molecule has 0 aromatic carbocycles. The third-order valence-electron chi connectivity index (χ3n) is 3.04. The van der Waals surface area contributed by atoms with Crippen LogP contribution in [0.5, 0.6) is 0 Å². The van der Waals surface area contributed by atoms with Crippen LogP contribution in [0.3, 0.4) is 0 Å². The monoisotopic (exact) mass is 217 g/mol. The van der Waals surface area contributed by atoms with E-state index in [1.54, 1.807) is 6.20 Å². The molecule has 0 aliphatic heterocycles. The first-order valence-corrected chi connectivity index (χ1v) is 5.86. The number of anilines is 2. The molecular formula is C13H19N3. The molecule has 0 saturated carbocycles. The second-order valence-electron chi connectivity index (χ2n) is 4.47. The van der Waals surface area contributed by atoms with Gasteiger partial charge in [0.05, 0.1) is 11.9 Å². The Balaban J connectivity index is 1.91. The number of pyridine rings is 1. The molecule has 3 heteroatoms. The smallest absolute Gasteiger partial charge is 0.129 e. The van der Waals surface area contributed by atoms with Gasteiger partial charge in [0.15, 0.2) is 0 Å². The number of nitrogens with zero attached hydrogens (tertiary/aromatic N) is 1. The van der Waals surface area contributed by atoms with Crippen molar-refractivity contribution in [1.82, 2.24) is 4.98 Å². The van der Waals surface area contributed by atoms with Gasteiger partial charge in [-0.2, -0.15) is 0 Å². The normalized spacial score (nSPS) is 19.7. The third-order valence-corrected chi connectivity index (χ3v) is 3.04. The van der Waals surface area contributed by atoms with Crippen molar-refractivity contribution in [3.8, 4) is 0 Å². The van der Waals surface area contributed by atoms with E-state index in [1.165, 1.54) is 19.3 Å². The summed E-state index contributed by atoms with van der Waals surface area (Å²) in [5.41, 5.74) is 7.51. The first kappa shape index (κ1) is 11.0. The summed E-state index contributed by atoms with van der Waals surface area (Å²) < 4.78 is 0. The Morgan fingerprint density at radius 3 is 3.06 bits per heavy atom. The van der Waals surface area contributed by atoms with Crippen molar-refractivity contribution in [3.63, 3.8) is 0 Å². The predicted molar refractivity (Wildman–Crippen MR) is 68.4 cm³/mol. The summed E-state index contributed by atoms with van der Waals surface area (Å²) in [6.45, 7) is 3.04. The lowest BCUT2D eigenvalue weighted by molar-refractivity contribution is 0.503. The Morgan fingerprint density at radius 1 is 1.50 bits per heavy atom. The molecule has 1 aromatic rings. The van der Waals surface area contributed by atoms with Crippen LogP contribution in [0.4, 0.5) is 11.5 Å². The minimum absolute atomic E-state index is 0.726. The molecule has 1 aliphatic carbocycles. The Bertz CT molecular complexity index is 385. The number of nitrogens with one attached hydrogen (secondary N) is 1. The molecule has 16 heavy (non-hydrogen) atoms. The largest absolute Gasteiger partial charge is 0.397 e. The lowest BCUT2D eigenvalue weighted by Gasteiger charge is -2.19. The number of aryl methyl sites for hydroxylation is 1. The van der Waals surface area contributed by atoms with Crippen LogP contribution in [0.15, 0.2) is 24.4 Å². The third kappa shape index (κ3) is 2.75. The molecule has 3 N–H and O–H groups in total. The Labute approximate surface area is 96.8 Å². The second kappa shape index (κ2) is 5.01. The fourth-order valence-corrected chi connectivity index (χ4v) is 2.06. The van der Waals surface area contributed by atoms with Gasteiger partial charge in [-0.15, -0.1) is 0 Å². The molecule has 1 aliphatic rings. The molecule has 1 aromatic heterocycles. The number of nitrogens with two attached hydrogens (primary N) is 1. The predicted octanol–water partition coefficient (Wildman–Crippen LogP) is 2.74. The van der Waals surface area contributed by atoms with Crippen LogP contribution in [0.1, 0.15) is 24.8 Å². The highest BCUT2D eigenvalue weighted by atomic mass is 15.0. The van der Waals surface area contributed by atoms with E-state index < -0.39 is 0 Å². The Morgan fingerprint density at radius 2 is 2.38 bits per heavy atom. The first-order chi connectivity index (χ1) is 7.75. The number of nitrogen functional groups attached to an aromatic ring is 1. The van der Waals surface area contributed by atoms with Gasteiger partial charge >= 0.3 is 0 Å². The number of hydrogen-bond acceptors (Lipinski definition) is 3. The van der Waals surface area contributed by atoms with Gasteiger partial charge in [-0.3, -0.25) is 0 Å². The SMILES string of the molecule is Cc1cc(N)cnc1NCC1CC=CCC1. The van der Waals surface area contributed by atoms with E-state index in [2.05, 4.69) is 22.5 Å². The van der Waals surface area contributed by atoms with Crippen molar-refractivity contribution < 1.29 is 0 Å². The number of hydrogen-bond donors (Lipinski definition) is 2. The molecule has 0 amide bonds. The fraction of sp³-hybridized carbons (Fsp3) is 0.462. The molecule has 0 fully saturated rings. The lowest BCUT2D eigenvalue weighted by atomic mass is 9.94. The summed E-state index contributed by atoms with van der Waals surface area (Å²) in [5.74, 6) is 1.70. The van der Waals surface area contributed by atoms with Crippen LogP contribution in [0, 0.1) is 12.8 Å². The molecular weight excluding hydrogens is 198 g/mol. The number of aromatic nitrogens is 1. The zero-order valence-electron chi connectivity index (χ0n) is 9.74. The van der Waals surface area contributed by atoms with Crippen LogP contribution in [0.2, 0.25) is 0 Å². The molecule has 1 unspecified atom stereocenters. The topological polar surface area (TPSA) is 50.9 Å². The molecule has 0 spiro atoms. The van der Waals surface area contributed by atoms with Gasteiger partial charge in [-0.1, -0.05) is 12.2 Å². The van der Waals surface area contributed by atoms with Crippen molar-refractivity contribution in [2.45, 2.75) is 26.2 Å². The van der Waals surface area contributed by atoms with Crippen LogP contribution < -0.4 is 11.1 Å². The van der Waals surface area contributed by atoms with E-state index >= 15 is 0 Å². The van der Waals surface area contributed by atoms with Gasteiger partial charge in [-0.25, -0.2) is 4.98 Å². The van der Waals surface area contributed by atoms with Gasteiger partial charge in [0, 0.05) is 6.54 Å². The summed E-state index contributed by atoms with van der Waals surface area (Å²) in [6, 6.07) is 1.95. The van der Waals surface area contributed by atoms with Gasteiger partial charge in [0.1, 0.15) is 5.82 Å². The Hall–Kier alpha value is -1.51. The minimum atomic E-state index is 0.726. The summed E-state index contributed by atoms with van der Waals surface area (Å²) in [5, 5.41) is 3.41. The van der Waals surface area contributed by atoms with Crippen molar-refractivity contribution >= 4 is 11.5 Å². The van der Waals surface area contributed by atoms with Gasteiger partial charge in [-0.05, 0) is 43.7 Å². The van der Waals surface area contributed by atoms with E-state index in [-0.39, 0.29) is 0 Å². The van der Waals surface area contributed by atoms with Gasteiger partial charge < -0.3 is 11.1 Å². The maximum absolute atomic E-state index is 5.67. The maximum atomic E-state index is 5.67. The highest BCUT2D eigenvalue weighted by Crippen LogP contribution is 2.20. The van der Waals surface area contributed by atoms with Crippen molar-refractivity contribution in [2.75, 3.05) is 17.6 Å². The van der Waals surface area contributed by atoms with Gasteiger partial charge in [0.25, 0.3) is 0 Å². The van der Waals surface area contributed by atoms with Crippen LogP contribution >= 0.6 is 0 Å². The molecule has 86 valence electrons. The number of rotatable bonds is 3. The van der Waals surface area contributed by atoms with E-state index in [9.17, 15) is 0 Å². The summed E-state index contributed by atoms with van der Waals surface area (Å²) >= 11 is 0. The van der Waals surface area contributed by atoms with Crippen LogP contribution in [0.25, 0.3) is 0 Å². The summed E-state index contributed by atoms with van der Waals surface area (Å²) in [6.07, 6.45) is 9.91. The second-order valence-corrected chi connectivity index (χ2v) is 4.47. The maximum Gasteiger partial charge on any atom is 0.129 e. The lowest BCUT2D eigenvalue weighted by Crippen LogP contribution is -2.16. The molecule has 0 saturated heterocycles. The standard InChI is InChI=1S/C13H19N3/c1-10-7-12(14)9-16-13(10)15-8-11-5-3-2-4-6-11/h2-3,7,9,11H,4-6,8,14H2,1H3,(H,15,16). The molecule has 1 atom stereocenters. The average Bonchev–Trinajstić information content (AvgIpc) is 2.29. The molecule has 1 heterocycles. The molecule has 2 rings (SSSR count). The molecule has 0 bridgehead atoms. The van der Waals surface area contributed by atoms with Crippen molar-refractivity contribution in [2.24, 2.45) is 5.92 Å². The van der Waals surface area contributed by atoms with Gasteiger partial charge in [0.2, 0.25) is 0 Å². The van der Waals surface area contributed by atoms with E-state index in [0.717, 1.165) is 29.5 Å². The quantitative estimate of drug-likeness (QED) is 0.765. The van der Waals surface area contributed by atoms with Crippen molar-refractivity contribution in [1.29, 1.82) is 0 Å². The van der Waals surface area contributed by atoms with Crippen molar-refractivity contribution in [3.05, 3.63) is 30.0 Å². The van der Waals surface area contributed by atoms with E-state index in [1.807, 2.05) is 13.0 Å². The molecule has 0 radical (unpaired) electrons. The zero-order valence-corrected chi connectivity index (χ0v) is 9.74. The summed E-state index contributed by atoms with van der Waals surface area (Å²) in [4.78, 5) is 4.31. The zero-order chi connectivity index (χ0) is 11.4. The summed E-state index contributed by atoms with van der Waals surface area (Å²) in [7, 11) is 0. The average molecular weight is 217 g/mol. The minimum Gasteiger partial charge on any atom is -0.397 e. The molecule has 3 nitrogen and oxygen atoms in total. The highest BCUT2D eigenvalue weighted by molar-refractivity contribution is 5.50. The van der Waals surface area contributed by atoms with Crippen LogP contribution in [-0.4, -0.2) is 11.5 Å². The fourth-order valence-electron chi connectivity index (χ4n) is 2.06. The van der Waals surface area contributed by atoms with Crippen LogP contribution in [-0.2, 0) is 0 Å². The highest BCUT2D eigenvalue weighted by Gasteiger charge is 2.10. The number of allylic oxidation sites excluding steroid dienone is 2.